The number of nitrogens with zero attached hydrogens (tertiary/aromatic N) is 2. The normalized spacial score (nSPS) is 20.4. The van der Waals surface area contributed by atoms with E-state index in [1.807, 2.05) is 49.3 Å². The lowest BCUT2D eigenvalue weighted by Gasteiger charge is -2.31. The summed E-state index contributed by atoms with van der Waals surface area (Å²) in [5.74, 6) is 1.42. The average Bonchev–Trinajstić information content (AvgIpc) is 3.13. The van der Waals surface area contributed by atoms with Crippen LogP contribution in [0.4, 0.5) is 0 Å². The average molecular weight is 498 g/mol. The molecule has 1 atom stereocenters. The number of likely N-dealkylation sites (tertiary alicyclic amines) is 1. The molecular weight excluding hydrogens is 458 g/mol. The van der Waals surface area contributed by atoms with Crippen molar-refractivity contribution < 1.29 is 14.3 Å². The second-order valence-electron chi connectivity index (χ2n) is 11.5. The van der Waals surface area contributed by atoms with Gasteiger partial charge in [0.15, 0.2) is 0 Å². The quantitative estimate of drug-likeness (QED) is 0.560. The minimum absolute atomic E-state index is 0.0689. The van der Waals surface area contributed by atoms with Crippen LogP contribution in [0.15, 0.2) is 23.6 Å². The lowest BCUT2D eigenvalue weighted by molar-refractivity contribution is -0.134. The Balaban J connectivity index is 1.27. The van der Waals surface area contributed by atoms with Gasteiger partial charge in [0.25, 0.3) is 5.91 Å². The number of para-hydroxylation sites is 1. The first-order valence-electron chi connectivity index (χ1n) is 12.7. The molecule has 2 aliphatic rings. The number of ether oxygens (including phenoxy) is 1. The van der Waals surface area contributed by atoms with E-state index in [2.05, 4.69) is 38.0 Å². The van der Waals surface area contributed by atoms with E-state index in [1.165, 1.54) is 0 Å². The van der Waals surface area contributed by atoms with Gasteiger partial charge in [0.05, 0.1) is 11.0 Å². The fourth-order valence-electron chi connectivity index (χ4n) is 5.50. The van der Waals surface area contributed by atoms with E-state index in [-0.39, 0.29) is 28.7 Å². The maximum Gasteiger partial charge on any atom is 0.271 e. The van der Waals surface area contributed by atoms with Crippen LogP contribution < -0.4 is 10.1 Å². The van der Waals surface area contributed by atoms with Gasteiger partial charge in [0, 0.05) is 30.3 Å². The molecule has 0 spiro atoms. The summed E-state index contributed by atoms with van der Waals surface area (Å²) in [6.45, 7) is 16.7. The number of thiazole rings is 1. The first-order valence-corrected chi connectivity index (χ1v) is 13.6. The Kier molecular flexibility index (Phi) is 7.02. The van der Waals surface area contributed by atoms with Crippen LogP contribution in [0.2, 0.25) is 0 Å². The molecule has 1 saturated carbocycles. The van der Waals surface area contributed by atoms with Crippen LogP contribution >= 0.6 is 11.3 Å². The van der Waals surface area contributed by atoms with Gasteiger partial charge in [-0.15, -0.1) is 11.3 Å². The van der Waals surface area contributed by atoms with Gasteiger partial charge in [-0.1, -0.05) is 45.9 Å². The molecule has 190 valence electrons. The minimum Gasteiger partial charge on any atom is -0.491 e. The van der Waals surface area contributed by atoms with E-state index in [0.29, 0.717) is 24.1 Å². The SMILES string of the molecule is Cc1cccc(C)c1OCC(C)NC(=O)c1csc(C2CCN(C(=O)C3C(C)(C)C3(C)C)CC2)n1. The van der Waals surface area contributed by atoms with Crippen molar-refractivity contribution in [2.75, 3.05) is 19.7 Å². The number of rotatable bonds is 7. The Morgan fingerprint density at radius 2 is 1.74 bits per heavy atom. The van der Waals surface area contributed by atoms with Gasteiger partial charge in [-0.25, -0.2) is 4.98 Å². The molecule has 2 amide bonds. The third-order valence-electron chi connectivity index (χ3n) is 8.44. The lowest BCUT2D eigenvalue weighted by atomic mass is 9.96. The van der Waals surface area contributed by atoms with Crippen LogP contribution in [0.5, 0.6) is 5.75 Å². The van der Waals surface area contributed by atoms with E-state index < -0.39 is 0 Å². The summed E-state index contributed by atoms with van der Waals surface area (Å²) in [4.78, 5) is 32.5. The third kappa shape index (κ3) is 4.97. The zero-order valence-corrected chi connectivity index (χ0v) is 22.9. The van der Waals surface area contributed by atoms with E-state index >= 15 is 0 Å². The minimum atomic E-state index is -0.170. The Bertz CT molecular complexity index is 1060. The molecule has 0 bridgehead atoms. The predicted molar refractivity (Wildman–Crippen MR) is 140 cm³/mol. The molecule has 1 aliphatic carbocycles. The van der Waals surface area contributed by atoms with Crippen molar-refractivity contribution >= 4 is 23.2 Å². The molecule has 1 saturated heterocycles. The number of carbonyl (C=O) groups is 2. The summed E-state index contributed by atoms with van der Waals surface area (Å²) in [5.41, 5.74) is 2.78. The van der Waals surface area contributed by atoms with Crippen molar-refractivity contribution in [3.63, 3.8) is 0 Å². The highest BCUT2D eigenvalue weighted by Crippen LogP contribution is 2.68. The number of benzene rings is 1. The van der Waals surface area contributed by atoms with Crippen LogP contribution in [0.3, 0.4) is 0 Å². The lowest BCUT2D eigenvalue weighted by Crippen LogP contribution is -2.40. The van der Waals surface area contributed by atoms with Gasteiger partial charge in [-0.2, -0.15) is 0 Å². The number of nitrogens with one attached hydrogen (secondary N) is 1. The fraction of sp³-hybridized carbons (Fsp3) is 0.607. The molecule has 7 heteroatoms. The van der Waals surface area contributed by atoms with Crippen LogP contribution in [0, 0.1) is 30.6 Å². The molecule has 0 radical (unpaired) electrons. The Morgan fingerprint density at radius 3 is 2.31 bits per heavy atom. The molecule has 6 nitrogen and oxygen atoms in total. The molecule has 2 aromatic rings. The highest BCUT2D eigenvalue weighted by Gasteiger charge is 2.68. The van der Waals surface area contributed by atoms with Gasteiger partial charge in [-0.05, 0) is 55.6 Å². The zero-order chi connectivity index (χ0) is 25.5. The van der Waals surface area contributed by atoms with E-state index in [1.54, 1.807) is 11.3 Å². The fourth-order valence-corrected chi connectivity index (χ4v) is 6.47. The van der Waals surface area contributed by atoms with E-state index in [4.69, 9.17) is 4.74 Å². The van der Waals surface area contributed by atoms with Crippen LogP contribution in [0.1, 0.15) is 80.0 Å². The Labute approximate surface area is 213 Å². The summed E-state index contributed by atoms with van der Waals surface area (Å²) < 4.78 is 5.98. The summed E-state index contributed by atoms with van der Waals surface area (Å²) in [5, 5.41) is 5.84. The van der Waals surface area contributed by atoms with Crippen molar-refractivity contribution in [1.82, 2.24) is 15.2 Å². The highest BCUT2D eigenvalue weighted by atomic mass is 32.1. The van der Waals surface area contributed by atoms with Gasteiger partial charge >= 0.3 is 0 Å². The molecule has 1 aromatic carbocycles. The number of aryl methyl sites for hydroxylation is 2. The second kappa shape index (κ2) is 9.57. The third-order valence-corrected chi connectivity index (χ3v) is 9.45. The van der Waals surface area contributed by atoms with Gasteiger partial charge in [-0.3, -0.25) is 9.59 Å². The zero-order valence-electron chi connectivity index (χ0n) is 22.1. The molecule has 1 N–H and O–H groups in total. The molecule has 1 aromatic heterocycles. The van der Waals surface area contributed by atoms with Crippen molar-refractivity contribution in [2.45, 2.75) is 73.3 Å². The number of hydrogen-bond donors (Lipinski definition) is 1. The van der Waals surface area contributed by atoms with Crippen molar-refractivity contribution in [2.24, 2.45) is 16.7 Å². The van der Waals surface area contributed by atoms with Crippen LogP contribution in [0.25, 0.3) is 0 Å². The van der Waals surface area contributed by atoms with Crippen molar-refractivity contribution in [3.8, 4) is 5.75 Å². The number of carbonyl (C=O) groups excluding carboxylic acids is 2. The number of hydrogen-bond acceptors (Lipinski definition) is 5. The Hall–Kier alpha value is -2.41. The summed E-state index contributed by atoms with van der Waals surface area (Å²) >= 11 is 1.55. The van der Waals surface area contributed by atoms with Gasteiger partial charge in [0.2, 0.25) is 5.91 Å². The molecular formula is C28H39N3O3S. The van der Waals surface area contributed by atoms with E-state index in [9.17, 15) is 9.59 Å². The molecule has 1 unspecified atom stereocenters. The van der Waals surface area contributed by atoms with E-state index in [0.717, 1.165) is 47.8 Å². The Morgan fingerprint density at radius 1 is 1.14 bits per heavy atom. The summed E-state index contributed by atoms with van der Waals surface area (Å²) in [6, 6.07) is 5.92. The summed E-state index contributed by atoms with van der Waals surface area (Å²) in [6.07, 6.45) is 1.79. The molecule has 2 fully saturated rings. The number of piperidine rings is 1. The second-order valence-corrected chi connectivity index (χ2v) is 12.3. The smallest absolute Gasteiger partial charge is 0.271 e. The molecule has 2 heterocycles. The van der Waals surface area contributed by atoms with Gasteiger partial charge < -0.3 is 15.0 Å². The van der Waals surface area contributed by atoms with Crippen molar-refractivity contribution in [1.29, 1.82) is 0 Å². The number of amides is 2. The first kappa shape index (κ1) is 25.7. The standard InChI is InChI=1S/C28H39N3O3S/c1-17-9-8-10-18(2)22(17)34-15-19(3)29-24(32)21-16-35-25(30-21)20-11-13-31(14-12-20)26(33)23-27(4,5)28(23,6)7/h8-10,16,19-20,23H,11-15H2,1-7H3,(H,29,32). The maximum absolute atomic E-state index is 13.1. The monoisotopic (exact) mass is 497 g/mol. The van der Waals surface area contributed by atoms with Crippen LogP contribution in [-0.4, -0.2) is 47.4 Å². The molecule has 35 heavy (non-hydrogen) atoms. The van der Waals surface area contributed by atoms with Gasteiger partial charge in [0.1, 0.15) is 18.1 Å². The van der Waals surface area contributed by atoms with Crippen LogP contribution in [-0.2, 0) is 4.79 Å². The molecule has 1 aliphatic heterocycles. The first-order chi connectivity index (χ1) is 16.4. The number of aromatic nitrogens is 1. The topological polar surface area (TPSA) is 71.5 Å². The predicted octanol–water partition coefficient (Wildman–Crippen LogP) is 5.35. The largest absolute Gasteiger partial charge is 0.491 e. The summed E-state index contributed by atoms with van der Waals surface area (Å²) in [7, 11) is 0. The molecule has 4 rings (SSSR count). The maximum atomic E-state index is 13.1. The highest BCUT2D eigenvalue weighted by molar-refractivity contribution is 7.09. The van der Waals surface area contributed by atoms with Crippen molar-refractivity contribution in [3.05, 3.63) is 45.4 Å².